The predicted octanol–water partition coefficient (Wildman–Crippen LogP) is 6.04. The van der Waals surface area contributed by atoms with Gasteiger partial charge >= 0.3 is 5.92 Å². The van der Waals surface area contributed by atoms with Gasteiger partial charge in [-0.1, -0.05) is 76.3 Å². The zero-order valence-electron chi connectivity index (χ0n) is 17.3. The molecule has 1 atom stereocenters. The number of para-hydroxylation sites is 1. The third-order valence-electron chi connectivity index (χ3n) is 6.46. The van der Waals surface area contributed by atoms with Crippen molar-refractivity contribution in [2.75, 3.05) is 11.4 Å². The van der Waals surface area contributed by atoms with Crippen LogP contribution < -0.4 is 4.90 Å². The van der Waals surface area contributed by atoms with Crippen LogP contribution in [-0.4, -0.2) is 25.9 Å². The average molecular weight is 402 g/mol. The van der Waals surface area contributed by atoms with Crippen molar-refractivity contribution in [3.05, 3.63) is 65.7 Å². The van der Waals surface area contributed by atoms with E-state index in [1.54, 1.807) is 30.1 Å². The molecule has 0 radical (unpaired) electrons. The van der Waals surface area contributed by atoms with Crippen LogP contribution in [0.15, 0.2) is 54.6 Å². The van der Waals surface area contributed by atoms with Crippen molar-refractivity contribution < 1.29 is 13.6 Å². The van der Waals surface area contributed by atoms with Crippen LogP contribution in [0, 0.1) is 0 Å². The fourth-order valence-electron chi connectivity index (χ4n) is 3.74. The molecule has 0 aliphatic carbocycles. The third-order valence-corrected chi connectivity index (χ3v) is 11.7. The van der Waals surface area contributed by atoms with Gasteiger partial charge in [0.05, 0.1) is 0 Å². The first-order valence-corrected chi connectivity index (χ1v) is 12.8. The molecule has 150 valence electrons. The number of carbonyl (C=O) groups excluding carboxylic acids is 1. The maximum absolute atomic E-state index is 16.0. The van der Waals surface area contributed by atoms with Crippen molar-refractivity contribution in [1.82, 2.24) is 0 Å². The summed E-state index contributed by atoms with van der Waals surface area (Å²) in [6.45, 7) is 9.70. The molecule has 0 aromatic heterocycles. The third kappa shape index (κ3) is 3.41. The molecule has 28 heavy (non-hydrogen) atoms. The SMILES string of the molecule is CC(C)(C)[Si](C)(C)C(=O)C(F)(F)C1c2ccccc2CCN1c1ccccc1. The summed E-state index contributed by atoms with van der Waals surface area (Å²) in [5.41, 5.74) is 2.20. The van der Waals surface area contributed by atoms with Crippen molar-refractivity contribution in [2.45, 2.75) is 57.3 Å². The van der Waals surface area contributed by atoms with Gasteiger partial charge in [-0.05, 0) is 34.7 Å². The topological polar surface area (TPSA) is 20.3 Å². The fourth-order valence-corrected chi connectivity index (χ4v) is 5.39. The van der Waals surface area contributed by atoms with Crippen LogP contribution >= 0.6 is 0 Å². The van der Waals surface area contributed by atoms with E-state index in [0.717, 1.165) is 11.3 Å². The Morgan fingerprint density at radius 2 is 1.57 bits per heavy atom. The summed E-state index contributed by atoms with van der Waals surface area (Å²) >= 11 is 0. The molecule has 0 saturated carbocycles. The summed E-state index contributed by atoms with van der Waals surface area (Å²) in [6.07, 6.45) is 0.686. The van der Waals surface area contributed by atoms with Crippen molar-refractivity contribution in [1.29, 1.82) is 0 Å². The molecule has 2 aromatic carbocycles. The quantitative estimate of drug-likeness (QED) is 0.582. The van der Waals surface area contributed by atoms with E-state index >= 15 is 8.78 Å². The number of alkyl halides is 2. The summed E-state index contributed by atoms with van der Waals surface area (Å²) in [5.74, 6) is -3.46. The number of anilines is 1. The fraction of sp³-hybridized carbons (Fsp3) is 0.435. The lowest BCUT2D eigenvalue weighted by Gasteiger charge is -2.45. The highest BCUT2D eigenvalue weighted by molar-refractivity contribution is 7.07. The molecule has 1 aliphatic heterocycles. The van der Waals surface area contributed by atoms with E-state index < -0.39 is 30.5 Å². The lowest BCUT2D eigenvalue weighted by atomic mass is 9.88. The van der Waals surface area contributed by atoms with Gasteiger partial charge < -0.3 is 4.90 Å². The highest BCUT2D eigenvalue weighted by Gasteiger charge is 2.59. The van der Waals surface area contributed by atoms with E-state index in [4.69, 9.17) is 0 Å². The number of rotatable bonds is 4. The van der Waals surface area contributed by atoms with Gasteiger partial charge in [0.15, 0.2) is 5.41 Å². The van der Waals surface area contributed by atoms with Crippen molar-refractivity contribution >= 4 is 19.2 Å². The van der Waals surface area contributed by atoms with E-state index in [0.29, 0.717) is 18.5 Å². The van der Waals surface area contributed by atoms with Crippen LogP contribution in [0.25, 0.3) is 0 Å². The monoisotopic (exact) mass is 401 g/mol. The average Bonchev–Trinajstić information content (AvgIpc) is 2.66. The second-order valence-electron chi connectivity index (χ2n) is 9.21. The lowest BCUT2D eigenvalue weighted by molar-refractivity contribution is -0.139. The lowest BCUT2D eigenvalue weighted by Crippen LogP contribution is -2.59. The Bertz CT molecular complexity index is 858. The summed E-state index contributed by atoms with van der Waals surface area (Å²) in [6, 6.07) is 15.3. The summed E-state index contributed by atoms with van der Waals surface area (Å²) in [4.78, 5) is 15.0. The van der Waals surface area contributed by atoms with Crippen LogP contribution in [0.4, 0.5) is 14.5 Å². The molecule has 5 heteroatoms. The molecule has 0 fully saturated rings. The molecular formula is C23H29F2NOSi. The smallest absolute Gasteiger partial charge is 0.324 e. The Morgan fingerprint density at radius 3 is 2.18 bits per heavy atom. The molecule has 2 aromatic rings. The highest BCUT2D eigenvalue weighted by atomic mass is 28.3. The Hall–Kier alpha value is -2.01. The van der Waals surface area contributed by atoms with Crippen LogP contribution in [0.2, 0.25) is 18.1 Å². The summed E-state index contributed by atoms with van der Waals surface area (Å²) in [7, 11) is -2.90. The van der Waals surface area contributed by atoms with Crippen LogP contribution in [-0.2, 0) is 11.2 Å². The summed E-state index contributed by atoms with van der Waals surface area (Å²) in [5, 5.41) is -1.31. The van der Waals surface area contributed by atoms with Gasteiger partial charge in [0.2, 0.25) is 0 Å². The highest BCUT2D eigenvalue weighted by Crippen LogP contribution is 2.48. The first kappa shape index (κ1) is 20.7. The van der Waals surface area contributed by atoms with E-state index in [1.165, 1.54) is 0 Å². The molecule has 0 spiro atoms. The molecule has 1 heterocycles. The van der Waals surface area contributed by atoms with Gasteiger partial charge in [0.1, 0.15) is 14.1 Å². The molecule has 0 amide bonds. The van der Waals surface area contributed by atoms with Crippen LogP contribution in [0.5, 0.6) is 0 Å². The van der Waals surface area contributed by atoms with Gasteiger partial charge in [0.25, 0.3) is 0 Å². The minimum atomic E-state index is -3.46. The van der Waals surface area contributed by atoms with Gasteiger partial charge in [-0.15, -0.1) is 0 Å². The number of carbonyl (C=O) groups is 1. The van der Waals surface area contributed by atoms with E-state index in [9.17, 15) is 4.79 Å². The van der Waals surface area contributed by atoms with Gasteiger partial charge in [-0.2, -0.15) is 8.78 Å². The Morgan fingerprint density at radius 1 is 1.00 bits per heavy atom. The second-order valence-corrected chi connectivity index (χ2v) is 14.4. The number of fused-ring (bicyclic) bond motifs is 1. The first-order chi connectivity index (χ1) is 13.0. The van der Waals surface area contributed by atoms with Gasteiger partial charge in [0, 0.05) is 12.2 Å². The van der Waals surface area contributed by atoms with Crippen LogP contribution in [0.1, 0.15) is 37.9 Å². The number of nitrogens with zero attached hydrogens (tertiary/aromatic N) is 1. The molecule has 1 unspecified atom stereocenters. The van der Waals surface area contributed by atoms with Crippen molar-refractivity contribution in [2.24, 2.45) is 0 Å². The second kappa shape index (κ2) is 7.10. The normalized spacial score (nSPS) is 18.0. The zero-order valence-corrected chi connectivity index (χ0v) is 18.3. The van der Waals surface area contributed by atoms with Gasteiger partial charge in [-0.3, -0.25) is 4.79 Å². The number of halogens is 2. The summed E-state index contributed by atoms with van der Waals surface area (Å²) < 4.78 is 32.0. The predicted molar refractivity (Wildman–Crippen MR) is 114 cm³/mol. The maximum Gasteiger partial charge on any atom is 0.324 e. The largest absolute Gasteiger partial charge is 0.358 e. The van der Waals surface area contributed by atoms with Gasteiger partial charge in [-0.25, -0.2) is 0 Å². The maximum atomic E-state index is 16.0. The Kier molecular flexibility index (Phi) is 5.26. The van der Waals surface area contributed by atoms with Crippen LogP contribution in [0.3, 0.4) is 0 Å². The Labute approximate surface area is 167 Å². The minimum Gasteiger partial charge on any atom is -0.358 e. The molecule has 3 rings (SSSR count). The molecule has 0 saturated heterocycles. The van der Waals surface area contributed by atoms with E-state index in [2.05, 4.69) is 0 Å². The number of hydrogen-bond acceptors (Lipinski definition) is 2. The zero-order chi connectivity index (χ0) is 20.7. The molecule has 0 bridgehead atoms. The number of hydrogen-bond donors (Lipinski definition) is 0. The van der Waals surface area contributed by atoms with E-state index in [1.807, 2.05) is 63.2 Å². The molecule has 1 aliphatic rings. The minimum absolute atomic E-state index is 0.445. The van der Waals surface area contributed by atoms with Crippen molar-refractivity contribution in [3.63, 3.8) is 0 Å². The van der Waals surface area contributed by atoms with Crippen molar-refractivity contribution in [3.8, 4) is 0 Å². The standard InChI is InChI=1S/C23H29F2NOSi/c1-22(2,3)28(4,5)21(27)23(24,25)20-19-14-10-9-11-17(19)15-16-26(20)18-12-7-6-8-13-18/h6-14,20H,15-16H2,1-5H3. The van der Waals surface area contributed by atoms with E-state index in [-0.39, 0.29) is 0 Å². The Balaban J connectivity index is 2.14. The molecule has 0 N–H and O–H groups in total. The number of benzene rings is 2. The first-order valence-electron chi connectivity index (χ1n) is 9.80. The molecular weight excluding hydrogens is 372 g/mol. The molecule has 2 nitrogen and oxygen atoms in total.